The molecule has 0 spiro atoms. The minimum absolute atomic E-state index is 0.0482. The molecule has 2 heterocycles. The molecule has 0 aliphatic carbocycles. The van der Waals surface area contributed by atoms with Crippen molar-refractivity contribution in [2.24, 2.45) is 0 Å². The number of hydrogen-bond donors (Lipinski definition) is 0. The Morgan fingerprint density at radius 2 is 1.88 bits per heavy atom. The normalized spacial score (nSPS) is 11.5. The van der Waals surface area contributed by atoms with Gasteiger partial charge in [0.2, 0.25) is 5.82 Å². The predicted molar refractivity (Wildman–Crippen MR) is 80.0 cm³/mol. The number of carbonyl (C=O) groups excluding carboxylic acids is 1. The van der Waals surface area contributed by atoms with Crippen LogP contribution in [0.15, 0.2) is 40.9 Å². The zero-order valence-electron chi connectivity index (χ0n) is 12.1. The van der Waals surface area contributed by atoms with Crippen LogP contribution in [0.25, 0.3) is 22.2 Å². The molecule has 2 aromatic heterocycles. The lowest BCUT2D eigenvalue weighted by molar-refractivity contribution is -0.0882. The van der Waals surface area contributed by atoms with Crippen molar-refractivity contribution in [3.8, 4) is 27.9 Å². The van der Waals surface area contributed by atoms with E-state index in [1.807, 2.05) is 0 Å². The van der Waals surface area contributed by atoms with Crippen molar-refractivity contribution in [1.82, 2.24) is 10.1 Å². The van der Waals surface area contributed by atoms with Gasteiger partial charge in [-0.25, -0.2) is 0 Å². The Bertz CT molecular complexity index is 869. The fraction of sp³-hybridized carbons (Fsp3) is 0.133. The number of carbonyl (C=O) groups is 1. The number of ketones is 1. The van der Waals surface area contributed by atoms with E-state index in [-0.39, 0.29) is 16.6 Å². The highest BCUT2D eigenvalue weighted by Gasteiger charge is 2.40. The Morgan fingerprint density at radius 1 is 1.17 bits per heavy atom. The molecule has 3 aromatic rings. The van der Waals surface area contributed by atoms with Gasteiger partial charge in [-0.1, -0.05) is 5.16 Å². The molecule has 3 rings (SSSR count). The molecular formula is C15H9F3N2O3S. The first-order valence-electron chi connectivity index (χ1n) is 6.58. The van der Waals surface area contributed by atoms with Gasteiger partial charge in [0.15, 0.2) is 0 Å². The lowest BCUT2D eigenvalue weighted by Crippen LogP contribution is -2.21. The number of thiophene rings is 1. The van der Waals surface area contributed by atoms with Crippen molar-refractivity contribution < 1.29 is 27.2 Å². The molecule has 5 nitrogen and oxygen atoms in total. The van der Waals surface area contributed by atoms with Crippen LogP contribution in [0.1, 0.15) is 9.67 Å². The first kappa shape index (κ1) is 16.2. The summed E-state index contributed by atoms with van der Waals surface area (Å²) < 4.78 is 47.4. The number of rotatable bonds is 4. The number of benzene rings is 1. The van der Waals surface area contributed by atoms with E-state index in [4.69, 9.17) is 9.26 Å². The number of halogens is 3. The molecule has 0 aliphatic heterocycles. The summed E-state index contributed by atoms with van der Waals surface area (Å²) in [6.45, 7) is 0. The summed E-state index contributed by atoms with van der Waals surface area (Å²) in [6, 6.07) is 9.32. The van der Waals surface area contributed by atoms with Crippen LogP contribution in [0.3, 0.4) is 0 Å². The van der Waals surface area contributed by atoms with E-state index in [1.54, 1.807) is 24.3 Å². The van der Waals surface area contributed by atoms with Gasteiger partial charge in [-0.15, -0.1) is 11.3 Å². The molecule has 0 bridgehead atoms. The molecule has 0 unspecified atom stereocenters. The van der Waals surface area contributed by atoms with Crippen molar-refractivity contribution in [1.29, 1.82) is 0 Å². The van der Waals surface area contributed by atoms with Crippen LogP contribution in [0.2, 0.25) is 0 Å². The van der Waals surface area contributed by atoms with Crippen molar-refractivity contribution in [3.05, 3.63) is 41.3 Å². The van der Waals surface area contributed by atoms with E-state index >= 15 is 0 Å². The average molecular weight is 354 g/mol. The van der Waals surface area contributed by atoms with Crippen LogP contribution in [-0.4, -0.2) is 29.2 Å². The van der Waals surface area contributed by atoms with E-state index in [9.17, 15) is 18.0 Å². The van der Waals surface area contributed by atoms with Gasteiger partial charge in [-0.05, 0) is 36.4 Å². The highest BCUT2D eigenvalue weighted by Crippen LogP contribution is 2.32. The Hall–Kier alpha value is -2.68. The third-order valence-corrected chi connectivity index (χ3v) is 4.14. The van der Waals surface area contributed by atoms with Crippen LogP contribution in [0.4, 0.5) is 13.2 Å². The summed E-state index contributed by atoms with van der Waals surface area (Å²) in [4.78, 5) is 15.2. The predicted octanol–water partition coefficient (Wildman–Crippen LogP) is 4.22. The fourth-order valence-corrected chi connectivity index (χ4v) is 2.78. The maximum Gasteiger partial charge on any atom is 0.455 e. The Labute approximate surface area is 137 Å². The monoisotopic (exact) mass is 354 g/mol. The van der Waals surface area contributed by atoms with Gasteiger partial charge in [0, 0.05) is 5.56 Å². The highest BCUT2D eigenvalue weighted by atomic mass is 32.1. The molecule has 24 heavy (non-hydrogen) atoms. The summed E-state index contributed by atoms with van der Waals surface area (Å²) >= 11 is 0.650. The largest absolute Gasteiger partial charge is 0.497 e. The first-order valence-corrected chi connectivity index (χ1v) is 7.40. The Balaban J connectivity index is 1.85. The molecule has 0 atom stereocenters. The molecule has 0 N–H and O–H groups in total. The van der Waals surface area contributed by atoms with Crippen molar-refractivity contribution in [2.45, 2.75) is 6.18 Å². The number of hydrogen-bond acceptors (Lipinski definition) is 6. The van der Waals surface area contributed by atoms with Crippen LogP contribution in [-0.2, 0) is 0 Å². The second-order valence-corrected chi connectivity index (χ2v) is 5.73. The Morgan fingerprint density at radius 3 is 2.50 bits per heavy atom. The second kappa shape index (κ2) is 6.08. The molecular weight excluding hydrogens is 345 g/mol. The lowest BCUT2D eigenvalue weighted by atomic mass is 10.2. The third-order valence-electron chi connectivity index (χ3n) is 3.07. The summed E-state index contributed by atoms with van der Waals surface area (Å²) in [5, 5.41) is 3.79. The molecule has 1 aromatic carbocycles. The maximum atomic E-state index is 12.4. The number of Topliss-reactive ketones (excluding diaryl/α,β-unsaturated/α-hetero) is 1. The van der Waals surface area contributed by atoms with Gasteiger partial charge < -0.3 is 9.26 Å². The molecule has 0 amide bonds. The molecule has 0 saturated carbocycles. The Kier molecular flexibility index (Phi) is 4.10. The summed E-state index contributed by atoms with van der Waals surface area (Å²) in [7, 11) is 1.54. The number of nitrogens with zero attached hydrogens (tertiary/aromatic N) is 2. The van der Waals surface area contributed by atoms with Crippen LogP contribution >= 0.6 is 11.3 Å². The highest BCUT2D eigenvalue weighted by molar-refractivity contribution is 7.17. The number of methoxy groups -OCH3 is 1. The number of aromatic nitrogens is 2. The van der Waals surface area contributed by atoms with Gasteiger partial charge in [0.05, 0.1) is 16.9 Å². The van der Waals surface area contributed by atoms with E-state index in [2.05, 4.69) is 10.1 Å². The van der Waals surface area contributed by atoms with Crippen molar-refractivity contribution in [2.75, 3.05) is 7.11 Å². The first-order chi connectivity index (χ1) is 11.4. The molecule has 0 aliphatic rings. The topological polar surface area (TPSA) is 65.2 Å². The smallest absolute Gasteiger partial charge is 0.455 e. The summed E-state index contributed by atoms with van der Waals surface area (Å²) in [5.41, 5.74) is 0.661. The van der Waals surface area contributed by atoms with E-state index < -0.39 is 16.8 Å². The van der Waals surface area contributed by atoms with Gasteiger partial charge in [-0.2, -0.15) is 18.2 Å². The average Bonchev–Trinajstić information content (AvgIpc) is 3.22. The molecule has 124 valence electrons. The van der Waals surface area contributed by atoms with Crippen LogP contribution < -0.4 is 4.74 Å². The fourth-order valence-electron chi connectivity index (χ4n) is 1.90. The molecule has 9 heteroatoms. The van der Waals surface area contributed by atoms with Gasteiger partial charge in [0.1, 0.15) is 5.75 Å². The van der Waals surface area contributed by atoms with E-state index in [1.165, 1.54) is 13.2 Å². The summed E-state index contributed by atoms with van der Waals surface area (Å²) in [5.74, 6) is -0.901. The lowest BCUT2D eigenvalue weighted by Gasteiger charge is -2.00. The second-order valence-electron chi connectivity index (χ2n) is 4.64. The molecule has 0 saturated heterocycles. The van der Waals surface area contributed by atoms with Crippen LogP contribution in [0.5, 0.6) is 5.75 Å². The van der Waals surface area contributed by atoms with E-state index in [0.717, 1.165) is 6.07 Å². The maximum absolute atomic E-state index is 12.4. The van der Waals surface area contributed by atoms with Gasteiger partial charge >= 0.3 is 6.18 Å². The quantitative estimate of drug-likeness (QED) is 0.657. The zero-order chi connectivity index (χ0) is 17.3. The molecule has 0 radical (unpaired) electrons. The molecule has 0 fully saturated rings. The standard InChI is InChI=1S/C15H9F3N2O3S/c1-22-9-4-2-8(3-5-9)13-19-14(23-20-13)11-7-6-10(24-11)12(21)15(16,17)18/h2-7H,1H3. The van der Waals surface area contributed by atoms with E-state index in [0.29, 0.717) is 22.6 Å². The van der Waals surface area contributed by atoms with Gasteiger partial charge in [0.25, 0.3) is 11.7 Å². The van der Waals surface area contributed by atoms with Crippen LogP contribution in [0, 0.1) is 0 Å². The number of ether oxygens (including phenoxy) is 1. The van der Waals surface area contributed by atoms with Crippen molar-refractivity contribution >= 4 is 17.1 Å². The SMILES string of the molecule is COc1ccc(-c2noc(-c3ccc(C(=O)C(F)(F)F)s3)n2)cc1. The minimum Gasteiger partial charge on any atom is -0.497 e. The minimum atomic E-state index is -4.91. The third kappa shape index (κ3) is 3.16. The summed E-state index contributed by atoms with van der Waals surface area (Å²) in [6.07, 6.45) is -4.91. The van der Waals surface area contributed by atoms with Gasteiger partial charge in [-0.3, -0.25) is 4.79 Å². The zero-order valence-corrected chi connectivity index (χ0v) is 12.9. The number of alkyl halides is 3. The van der Waals surface area contributed by atoms with Crippen molar-refractivity contribution in [3.63, 3.8) is 0 Å².